The molecular weight excluding hydrogens is 316 g/mol. The van der Waals surface area contributed by atoms with E-state index in [1.807, 2.05) is 27.9 Å². The van der Waals surface area contributed by atoms with Gasteiger partial charge < -0.3 is 14.2 Å². The Morgan fingerprint density at radius 2 is 2.00 bits per heavy atom. The van der Waals surface area contributed by atoms with E-state index in [1.165, 1.54) is 0 Å². The highest BCUT2D eigenvalue weighted by atomic mass is 16.5. The average molecular weight is 342 g/mol. The lowest BCUT2D eigenvalue weighted by Crippen LogP contribution is -2.39. The molecule has 0 spiro atoms. The summed E-state index contributed by atoms with van der Waals surface area (Å²) in [5, 5.41) is 4.42. The van der Waals surface area contributed by atoms with Crippen LogP contribution < -0.4 is 0 Å². The van der Waals surface area contributed by atoms with Gasteiger partial charge in [0.15, 0.2) is 0 Å². The molecule has 1 saturated heterocycles. The van der Waals surface area contributed by atoms with E-state index in [9.17, 15) is 4.79 Å². The summed E-state index contributed by atoms with van der Waals surface area (Å²) in [6.45, 7) is 10.9. The zero-order chi connectivity index (χ0) is 18.0. The second-order valence-corrected chi connectivity index (χ2v) is 6.66. The van der Waals surface area contributed by atoms with Gasteiger partial charge in [0.25, 0.3) is 0 Å². The number of hydrogen-bond donors (Lipinski definition) is 0. The number of hydrogen-bond acceptors (Lipinski definition) is 3. The number of rotatable bonds is 4. The molecule has 1 fully saturated rings. The number of ether oxygens (including phenoxy) is 1. The number of carbonyl (C=O) groups excluding carboxylic acids is 1. The summed E-state index contributed by atoms with van der Waals surface area (Å²) >= 11 is 0. The Kier molecular flexibility index (Phi) is 5.08. The average Bonchev–Trinajstić information content (AvgIpc) is 3.18. The molecule has 6 nitrogen and oxygen atoms in total. The van der Waals surface area contributed by atoms with Crippen LogP contribution in [0.4, 0.5) is 0 Å². The molecule has 6 heteroatoms. The minimum absolute atomic E-state index is 0.0420. The normalized spacial score (nSPS) is 15.5. The Hall–Kier alpha value is -2.34. The number of aryl methyl sites for hydroxylation is 1. The lowest BCUT2D eigenvalue weighted by atomic mass is 10.2. The summed E-state index contributed by atoms with van der Waals surface area (Å²) in [5.74, 6) is 1.09. The fourth-order valence-corrected chi connectivity index (χ4v) is 3.24. The molecule has 2 aromatic heterocycles. The summed E-state index contributed by atoms with van der Waals surface area (Å²) in [7, 11) is 0. The minimum atomic E-state index is 0.0420. The van der Waals surface area contributed by atoms with Gasteiger partial charge in [0.1, 0.15) is 5.82 Å². The van der Waals surface area contributed by atoms with Crippen LogP contribution in [0, 0.1) is 13.8 Å². The van der Waals surface area contributed by atoms with Crippen LogP contribution in [0.25, 0.3) is 11.9 Å². The molecule has 2 aromatic rings. The van der Waals surface area contributed by atoms with E-state index in [4.69, 9.17) is 4.74 Å². The summed E-state index contributed by atoms with van der Waals surface area (Å²) < 4.78 is 9.49. The van der Waals surface area contributed by atoms with Gasteiger partial charge in [0, 0.05) is 42.7 Å². The van der Waals surface area contributed by atoms with Crippen LogP contribution >= 0.6 is 0 Å². The van der Waals surface area contributed by atoms with E-state index in [-0.39, 0.29) is 11.9 Å². The molecule has 0 aromatic carbocycles. The molecule has 3 heterocycles. The smallest absolute Gasteiger partial charge is 0.246 e. The van der Waals surface area contributed by atoms with Crippen LogP contribution in [0.3, 0.4) is 0 Å². The largest absolute Gasteiger partial charge is 0.378 e. The van der Waals surface area contributed by atoms with Gasteiger partial charge in [0.2, 0.25) is 5.91 Å². The second-order valence-electron chi connectivity index (χ2n) is 6.66. The van der Waals surface area contributed by atoms with Crippen LogP contribution in [-0.4, -0.2) is 51.5 Å². The van der Waals surface area contributed by atoms with Crippen molar-refractivity contribution in [1.82, 2.24) is 19.2 Å². The van der Waals surface area contributed by atoms with E-state index >= 15 is 0 Å². The molecule has 0 aliphatic carbocycles. The number of aromatic nitrogens is 3. The third-order valence-electron chi connectivity index (χ3n) is 4.57. The molecule has 0 radical (unpaired) electrons. The Labute approximate surface area is 148 Å². The van der Waals surface area contributed by atoms with Crippen molar-refractivity contribution in [3.63, 3.8) is 0 Å². The third-order valence-corrected chi connectivity index (χ3v) is 4.57. The van der Waals surface area contributed by atoms with Crippen molar-refractivity contribution in [2.45, 2.75) is 33.7 Å². The van der Waals surface area contributed by atoms with Crippen LogP contribution in [-0.2, 0) is 9.53 Å². The first-order chi connectivity index (χ1) is 12.0. The van der Waals surface area contributed by atoms with Crippen molar-refractivity contribution in [3.05, 3.63) is 41.4 Å². The van der Waals surface area contributed by atoms with Gasteiger partial charge in [0.05, 0.1) is 19.4 Å². The van der Waals surface area contributed by atoms with E-state index in [2.05, 4.69) is 43.4 Å². The van der Waals surface area contributed by atoms with Gasteiger partial charge in [-0.05, 0) is 45.4 Å². The highest BCUT2D eigenvalue weighted by molar-refractivity contribution is 5.92. The highest BCUT2D eigenvalue weighted by Crippen LogP contribution is 2.23. The molecule has 0 N–H and O–H groups in total. The van der Waals surface area contributed by atoms with Gasteiger partial charge >= 0.3 is 0 Å². The van der Waals surface area contributed by atoms with Gasteiger partial charge in [-0.25, -0.2) is 4.68 Å². The summed E-state index contributed by atoms with van der Waals surface area (Å²) in [6.07, 6.45) is 5.40. The first-order valence-corrected chi connectivity index (χ1v) is 8.76. The van der Waals surface area contributed by atoms with Crippen LogP contribution in [0.1, 0.15) is 36.8 Å². The summed E-state index contributed by atoms with van der Waals surface area (Å²) in [4.78, 5) is 14.1. The Morgan fingerprint density at radius 3 is 2.68 bits per heavy atom. The molecule has 1 amide bonds. The number of carbonyl (C=O) groups is 1. The van der Waals surface area contributed by atoms with Crippen molar-refractivity contribution in [2.75, 3.05) is 26.3 Å². The van der Waals surface area contributed by atoms with Crippen molar-refractivity contribution >= 4 is 12.0 Å². The van der Waals surface area contributed by atoms with Crippen LogP contribution in [0.2, 0.25) is 0 Å². The molecule has 0 bridgehead atoms. The molecule has 0 unspecified atom stereocenters. The maximum Gasteiger partial charge on any atom is 0.246 e. The molecule has 1 aliphatic rings. The molecule has 0 saturated carbocycles. The van der Waals surface area contributed by atoms with Gasteiger partial charge in [-0.15, -0.1) is 0 Å². The van der Waals surface area contributed by atoms with E-state index in [0.29, 0.717) is 26.3 Å². The lowest BCUT2D eigenvalue weighted by molar-refractivity contribution is -0.129. The molecular formula is C19H26N4O2. The Bertz CT molecular complexity index is 779. The van der Waals surface area contributed by atoms with Gasteiger partial charge in [-0.2, -0.15) is 5.10 Å². The van der Waals surface area contributed by atoms with Crippen molar-refractivity contribution in [3.8, 4) is 5.82 Å². The Morgan fingerprint density at radius 1 is 1.28 bits per heavy atom. The monoisotopic (exact) mass is 342 g/mol. The quantitative estimate of drug-likeness (QED) is 0.803. The standard InChI is InChI=1S/C19H26N4O2/c1-14(2)23-18(7-8-20-23)22-15(3)13-17(16(22)4)5-6-19(24)21-9-11-25-12-10-21/h5-8,13-14H,9-12H2,1-4H3. The van der Waals surface area contributed by atoms with Crippen molar-refractivity contribution in [1.29, 1.82) is 0 Å². The third kappa shape index (κ3) is 3.54. The zero-order valence-electron chi connectivity index (χ0n) is 15.4. The number of amides is 1. The lowest BCUT2D eigenvalue weighted by Gasteiger charge is -2.25. The van der Waals surface area contributed by atoms with E-state index < -0.39 is 0 Å². The SMILES string of the molecule is Cc1cc(C=CC(=O)N2CCOCC2)c(C)n1-c1ccnn1C(C)C. The maximum absolute atomic E-state index is 12.3. The van der Waals surface area contributed by atoms with Crippen molar-refractivity contribution in [2.24, 2.45) is 0 Å². The maximum atomic E-state index is 12.3. The van der Waals surface area contributed by atoms with Gasteiger partial charge in [-0.1, -0.05) is 0 Å². The highest BCUT2D eigenvalue weighted by Gasteiger charge is 2.16. The van der Waals surface area contributed by atoms with Crippen LogP contribution in [0.15, 0.2) is 24.4 Å². The van der Waals surface area contributed by atoms with E-state index in [1.54, 1.807) is 6.08 Å². The fraction of sp³-hybridized carbons (Fsp3) is 0.474. The molecule has 0 atom stereocenters. The fourth-order valence-electron chi connectivity index (χ4n) is 3.24. The van der Waals surface area contributed by atoms with Crippen LogP contribution in [0.5, 0.6) is 0 Å². The topological polar surface area (TPSA) is 52.3 Å². The minimum Gasteiger partial charge on any atom is -0.378 e. The van der Waals surface area contributed by atoms with Crippen molar-refractivity contribution < 1.29 is 9.53 Å². The van der Waals surface area contributed by atoms with E-state index in [0.717, 1.165) is 22.8 Å². The van der Waals surface area contributed by atoms with Gasteiger partial charge in [-0.3, -0.25) is 4.79 Å². The zero-order valence-corrected chi connectivity index (χ0v) is 15.4. The second kappa shape index (κ2) is 7.27. The first-order valence-electron chi connectivity index (χ1n) is 8.76. The molecule has 3 rings (SSSR count). The molecule has 1 aliphatic heterocycles. The molecule has 25 heavy (non-hydrogen) atoms. The number of morpholine rings is 1. The molecule has 134 valence electrons. The first kappa shape index (κ1) is 17.5. The predicted molar refractivity (Wildman–Crippen MR) is 97.8 cm³/mol. The summed E-state index contributed by atoms with van der Waals surface area (Å²) in [5.41, 5.74) is 3.28. The number of nitrogens with zero attached hydrogens (tertiary/aromatic N) is 4. The Balaban J connectivity index is 1.85. The summed E-state index contributed by atoms with van der Waals surface area (Å²) in [6, 6.07) is 4.41. The predicted octanol–water partition coefficient (Wildman–Crippen LogP) is 2.74.